The van der Waals surface area contributed by atoms with Gasteiger partial charge >= 0.3 is 0 Å². The minimum Gasteiger partial charge on any atom is -0.486 e. The molecule has 3 heterocycles. The molecule has 1 aromatic heterocycles. The van der Waals surface area contributed by atoms with Gasteiger partial charge in [0, 0.05) is 6.54 Å². The summed E-state index contributed by atoms with van der Waals surface area (Å²) in [5.74, 6) is 1.49. The number of hydrogen-bond acceptors (Lipinski definition) is 6. The van der Waals surface area contributed by atoms with Crippen LogP contribution in [0.2, 0.25) is 0 Å². The number of nitrogens with zero attached hydrogens (tertiary/aromatic N) is 3. The molecule has 6 nitrogen and oxygen atoms in total. The molecule has 0 bridgehead atoms. The first-order chi connectivity index (χ1) is 10.8. The van der Waals surface area contributed by atoms with Crippen LogP contribution in [0.5, 0.6) is 11.5 Å². The Bertz CT molecular complexity index is 689. The van der Waals surface area contributed by atoms with Gasteiger partial charge < -0.3 is 14.4 Å². The van der Waals surface area contributed by atoms with Gasteiger partial charge in [-0.05, 0) is 30.5 Å². The second-order valence-electron chi connectivity index (χ2n) is 5.35. The molecule has 7 heteroatoms. The van der Waals surface area contributed by atoms with E-state index >= 15 is 0 Å². The Morgan fingerprint density at radius 3 is 2.95 bits per heavy atom. The smallest absolute Gasteiger partial charge is 0.275 e. The molecule has 0 N–H and O–H groups in total. The summed E-state index contributed by atoms with van der Waals surface area (Å²) in [5, 5.41) is 0. The monoisotopic (exact) mass is 317 g/mol. The van der Waals surface area contributed by atoms with Crippen molar-refractivity contribution >= 4 is 17.6 Å². The van der Waals surface area contributed by atoms with Gasteiger partial charge in [0.15, 0.2) is 17.2 Å². The molecular formula is C15H15N3O3S. The van der Waals surface area contributed by atoms with E-state index in [1.807, 2.05) is 23.1 Å². The fraction of sp³-hybridized carbons (Fsp3) is 0.400. The van der Waals surface area contributed by atoms with Crippen LogP contribution in [0.1, 0.15) is 34.9 Å². The molecule has 1 atom stereocenters. The van der Waals surface area contributed by atoms with Crippen molar-refractivity contribution in [2.75, 3.05) is 19.8 Å². The van der Waals surface area contributed by atoms with Gasteiger partial charge in [-0.3, -0.25) is 4.79 Å². The van der Waals surface area contributed by atoms with Crippen molar-refractivity contribution in [3.63, 3.8) is 0 Å². The van der Waals surface area contributed by atoms with Gasteiger partial charge in [-0.15, -0.1) is 0 Å². The lowest BCUT2D eigenvalue weighted by Crippen LogP contribution is -2.30. The quantitative estimate of drug-likeness (QED) is 0.850. The number of aromatic nitrogens is 2. The molecule has 22 heavy (non-hydrogen) atoms. The fourth-order valence-electron chi connectivity index (χ4n) is 3.03. The number of rotatable bonds is 2. The zero-order chi connectivity index (χ0) is 14.9. The first kappa shape index (κ1) is 13.5. The SMILES string of the molecule is O=C(c1cnsn1)N1CCCC1c1ccc2c(c1)OCCO2. The Kier molecular flexibility index (Phi) is 3.42. The minimum absolute atomic E-state index is 0.0499. The maximum Gasteiger partial charge on any atom is 0.275 e. The summed E-state index contributed by atoms with van der Waals surface area (Å²) in [6.45, 7) is 1.89. The van der Waals surface area contributed by atoms with Crippen molar-refractivity contribution in [2.45, 2.75) is 18.9 Å². The van der Waals surface area contributed by atoms with Crippen LogP contribution in [0, 0.1) is 0 Å². The molecule has 1 saturated heterocycles. The topological polar surface area (TPSA) is 64.6 Å². The van der Waals surface area contributed by atoms with Gasteiger partial charge in [0.05, 0.1) is 24.0 Å². The maximum absolute atomic E-state index is 12.6. The van der Waals surface area contributed by atoms with Crippen LogP contribution in [-0.2, 0) is 0 Å². The largest absolute Gasteiger partial charge is 0.486 e. The van der Waals surface area contributed by atoms with E-state index in [2.05, 4.69) is 8.75 Å². The Hall–Kier alpha value is -2.15. The van der Waals surface area contributed by atoms with Crippen LogP contribution >= 0.6 is 11.7 Å². The lowest BCUT2D eigenvalue weighted by Gasteiger charge is -2.26. The Morgan fingerprint density at radius 1 is 1.27 bits per heavy atom. The number of carbonyl (C=O) groups excluding carboxylic acids is 1. The number of carbonyl (C=O) groups is 1. The van der Waals surface area contributed by atoms with Crippen molar-refractivity contribution in [1.82, 2.24) is 13.6 Å². The summed E-state index contributed by atoms with van der Waals surface area (Å²) in [5.41, 5.74) is 1.51. The van der Waals surface area contributed by atoms with E-state index in [0.29, 0.717) is 18.9 Å². The zero-order valence-electron chi connectivity index (χ0n) is 11.9. The number of fused-ring (bicyclic) bond motifs is 1. The molecule has 1 aromatic carbocycles. The Morgan fingerprint density at radius 2 is 2.14 bits per heavy atom. The number of ether oxygens (including phenoxy) is 2. The molecule has 0 radical (unpaired) electrons. The summed E-state index contributed by atoms with van der Waals surface area (Å²) in [6.07, 6.45) is 3.47. The molecule has 4 rings (SSSR count). The molecule has 0 saturated carbocycles. The fourth-order valence-corrected chi connectivity index (χ4v) is 3.44. The summed E-state index contributed by atoms with van der Waals surface area (Å²) in [4.78, 5) is 14.4. The molecule has 1 unspecified atom stereocenters. The molecule has 0 aliphatic carbocycles. The van der Waals surface area contributed by atoms with E-state index in [1.54, 1.807) is 0 Å². The standard InChI is InChI=1S/C15H15N3O3S/c19-15(11-9-16-22-17-11)18-5-1-2-12(18)10-3-4-13-14(8-10)21-7-6-20-13/h3-4,8-9,12H,1-2,5-7H2. The van der Waals surface area contributed by atoms with E-state index in [0.717, 1.165) is 48.2 Å². The lowest BCUT2D eigenvalue weighted by molar-refractivity contribution is 0.0730. The first-order valence-corrected chi connectivity index (χ1v) is 8.04. The third kappa shape index (κ3) is 2.31. The van der Waals surface area contributed by atoms with E-state index in [1.165, 1.54) is 6.20 Å². The first-order valence-electron chi connectivity index (χ1n) is 7.31. The van der Waals surface area contributed by atoms with Crippen LogP contribution in [0.25, 0.3) is 0 Å². The number of hydrogen-bond donors (Lipinski definition) is 0. The third-order valence-corrected chi connectivity index (χ3v) is 4.52. The van der Waals surface area contributed by atoms with Crippen molar-refractivity contribution < 1.29 is 14.3 Å². The molecule has 2 aliphatic heterocycles. The average molecular weight is 317 g/mol. The highest BCUT2D eigenvalue weighted by Crippen LogP contribution is 2.38. The van der Waals surface area contributed by atoms with Crippen LogP contribution in [0.4, 0.5) is 0 Å². The highest BCUT2D eigenvalue weighted by Gasteiger charge is 2.32. The predicted octanol–water partition coefficient (Wildman–Crippen LogP) is 2.29. The molecular weight excluding hydrogens is 302 g/mol. The van der Waals surface area contributed by atoms with Gasteiger partial charge in [-0.1, -0.05) is 6.07 Å². The van der Waals surface area contributed by atoms with E-state index in [9.17, 15) is 4.79 Å². The highest BCUT2D eigenvalue weighted by atomic mass is 32.1. The van der Waals surface area contributed by atoms with E-state index < -0.39 is 0 Å². The Labute approximate surface area is 132 Å². The third-order valence-electron chi connectivity index (χ3n) is 4.05. The van der Waals surface area contributed by atoms with E-state index in [-0.39, 0.29) is 11.9 Å². The van der Waals surface area contributed by atoms with E-state index in [4.69, 9.17) is 9.47 Å². The summed E-state index contributed by atoms with van der Waals surface area (Å²) in [7, 11) is 0. The maximum atomic E-state index is 12.6. The number of likely N-dealkylation sites (tertiary alicyclic amines) is 1. The summed E-state index contributed by atoms with van der Waals surface area (Å²) < 4.78 is 19.2. The minimum atomic E-state index is -0.0499. The molecule has 1 amide bonds. The molecule has 2 aliphatic rings. The van der Waals surface area contributed by atoms with Gasteiger partial charge in [0.1, 0.15) is 13.2 Å². The molecule has 0 spiro atoms. The molecule has 2 aromatic rings. The van der Waals surface area contributed by atoms with Gasteiger partial charge in [-0.2, -0.15) is 8.75 Å². The number of amides is 1. The van der Waals surface area contributed by atoms with Gasteiger partial charge in [0.2, 0.25) is 0 Å². The van der Waals surface area contributed by atoms with Crippen molar-refractivity contribution in [2.24, 2.45) is 0 Å². The van der Waals surface area contributed by atoms with Gasteiger partial charge in [-0.25, -0.2) is 0 Å². The van der Waals surface area contributed by atoms with Crippen LogP contribution in [0.3, 0.4) is 0 Å². The zero-order valence-corrected chi connectivity index (χ0v) is 12.7. The van der Waals surface area contributed by atoms with Crippen molar-refractivity contribution in [3.05, 3.63) is 35.7 Å². The van der Waals surface area contributed by atoms with Gasteiger partial charge in [0.25, 0.3) is 5.91 Å². The van der Waals surface area contributed by atoms with Crippen molar-refractivity contribution in [3.8, 4) is 11.5 Å². The lowest BCUT2D eigenvalue weighted by atomic mass is 10.0. The Balaban J connectivity index is 1.62. The summed E-state index contributed by atoms with van der Waals surface area (Å²) in [6, 6.07) is 5.99. The predicted molar refractivity (Wildman–Crippen MR) is 80.4 cm³/mol. The van der Waals surface area contributed by atoms with Crippen LogP contribution < -0.4 is 9.47 Å². The van der Waals surface area contributed by atoms with Crippen molar-refractivity contribution in [1.29, 1.82) is 0 Å². The van der Waals surface area contributed by atoms with Crippen LogP contribution in [0.15, 0.2) is 24.4 Å². The average Bonchev–Trinajstić information content (AvgIpc) is 3.25. The second-order valence-corrected chi connectivity index (χ2v) is 5.91. The van der Waals surface area contributed by atoms with Crippen LogP contribution in [-0.4, -0.2) is 39.3 Å². The number of benzene rings is 1. The highest BCUT2D eigenvalue weighted by molar-refractivity contribution is 6.99. The normalized spacial score (nSPS) is 20.2. The molecule has 1 fully saturated rings. The summed E-state index contributed by atoms with van der Waals surface area (Å²) >= 11 is 1.06. The second kappa shape index (κ2) is 5.57. The molecule has 114 valence electrons.